The molecule has 1 heterocycles. The van der Waals surface area contributed by atoms with Gasteiger partial charge in [-0.1, -0.05) is 23.2 Å². The van der Waals surface area contributed by atoms with Gasteiger partial charge in [0, 0.05) is 12.3 Å². The molecule has 1 aliphatic carbocycles. The number of hydrogen-bond donors (Lipinski definition) is 0. The number of aromatic nitrogens is 1. The zero-order chi connectivity index (χ0) is 17.3. The van der Waals surface area contributed by atoms with E-state index in [2.05, 4.69) is 4.98 Å². The first-order valence-electron chi connectivity index (χ1n) is 7.32. The molecule has 0 radical (unpaired) electrons. The molecule has 0 aliphatic heterocycles. The van der Waals surface area contributed by atoms with Gasteiger partial charge < -0.3 is 4.74 Å². The van der Waals surface area contributed by atoms with Gasteiger partial charge in [-0.05, 0) is 31.0 Å². The summed E-state index contributed by atoms with van der Waals surface area (Å²) >= 11 is 13.2. The van der Waals surface area contributed by atoms with Crippen molar-refractivity contribution in [1.29, 1.82) is 0 Å². The van der Waals surface area contributed by atoms with Crippen LogP contribution in [0.2, 0.25) is 10.0 Å². The number of amides is 1. The van der Waals surface area contributed by atoms with Gasteiger partial charge in [0.15, 0.2) is 5.13 Å². The minimum atomic E-state index is -0.204. The van der Waals surface area contributed by atoms with Gasteiger partial charge in [-0.2, -0.15) is 0 Å². The Morgan fingerprint density at radius 3 is 2.71 bits per heavy atom. The molecule has 5 nitrogen and oxygen atoms in total. The Labute approximate surface area is 153 Å². The maximum Gasteiger partial charge on any atom is 0.309 e. The monoisotopic (exact) mass is 384 g/mol. The first-order valence-corrected chi connectivity index (χ1v) is 8.96. The maximum atomic E-state index is 12.0. The maximum absolute atomic E-state index is 12.0. The molecule has 0 unspecified atom stereocenters. The summed E-state index contributed by atoms with van der Waals surface area (Å²) in [5, 5.41) is 3.02. The van der Waals surface area contributed by atoms with Crippen molar-refractivity contribution in [3.05, 3.63) is 39.3 Å². The number of esters is 1. The third-order valence-electron chi connectivity index (χ3n) is 3.48. The Morgan fingerprint density at radius 2 is 2.08 bits per heavy atom. The third-order valence-corrected chi connectivity index (χ3v) is 5.09. The molecule has 0 bridgehead atoms. The highest BCUT2D eigenvalue weighted by atomic mass is 35.5. The summed E-state index contributed by atoms with van der Waals surface area (Å²) in [6.07, 6.45) is 1.80. The lowest BCUT2D eigenvalue weighted by atomic mass is 10.3. The standard InChI is InChI=1S/C16H14Cl2N2O3S/c1-9(21)20(12-4-5-13(17)14(18)6-12)16-19-11(8-24-16)7-23-15(22)10-2-3-10/h4-6,8,10H,2-3,7H2,1H3. The number of rotatable bonds is 5. The van der Waals surface area contributed by atoms with Gasteiger partial charge in [-0.3, -0.25) is 14.5 Å². The van der Waals surface area contributed by atoms with Crippen molar-refractivity contribution in [2.45, 2.75) is 26.4 Å². The fraction of sp³-hybridized carbons (Fsp3) is 0.312. The molecule has 0 N–H and O–H groups in total. The Balaban J connectivity index is 1.77. The largest absolute Gasteiger partial charge is 0.459 e. The Hall–Kier alpha value is -1.63. The van der Waals surface area contributed by atoms with Gasteiger partial charge in [0.25, 0.3) is 0 Å². The minimum Gasteiger partial charge on any atom is -0.459 e. The van der Waals surface area contributed by atoms with Crippen LogP contribution in [0.3, 0.4) is 0 Å². The molecule has 1 aliphatic rings. The molecule has 1 amide bonds. The van der Waals surface area contributed by atoms with E-state index in [-0.39, 0.29) is 24.4 Å². The van der Waals surface area contributed by atoms with E-state index in [0.29, 0.717) is 26.6 Å². The summed E-state index contributed by atoms with van der Waals surface area (Å²) in [5.41, 5.74) is 1.18. The normalized spacial score (nSPS) is 13.6. The second-order valence-electron chi connectivity index (χ2n) is 5.46. The SMILES string of the molecule is CC(=O)N(c1ccc(Cl)c(Cl)c1)c1nc(COC(=O)C2CC2)cs1. The fourth-order valence-electron chi connectivity index (χ4n) is 2.10. The van der Waals surface area contributed by atoms with Crippen molar-refractivity contribution in [3.8, 4) is 0 Å². The number of ether oxygens (including phenoxy) is 1. The van der Waals surface area contributed by atoms with Crippen LogP contribution in [0.15, 0.2) is 23.6 Å². The van der Waals surface area contributed by atoms with Gasteiger partial charge in [-0.25, -0.2) is 4.98 Å². The Kier molecular flexibility index (Phi) is 5.08. The van der Waals surface area contributed by atoms with Gasteiger partial charge in [-0.15, -0.1) is 11.3 Å². The van der Waals surface area contributed by atoms with Crippen molar-refractivity contribution in [2.75, 3.05) is 4.90 Å². The fourth-order valence-corrected chi connectivity index (χ4v) is 3.26. The van der Waals surface area contributed by atoms with Crippen LogP contribution in [0.25, 0.3) is 0 Å². The second-order valence-corrected chi connectivity index (χ2v) is 7.11. The van der Waals surface area contributed by atoms with Crippen LogP contribution in [-0.2, 0) is 20.9 Å². The molecule has 1 aromatic carbocycles. The average molecular weight is 385 g/mol. The van der Waals surface area contributed by atoms with Crippen LogP contribution < -0.4 is 4.90 Å². The van der Waals surface area contributed by atoms with E-state index in [0.717, 1.165) is 12.8 Å². The summed E-state index contributed by atoms with van der Waals surface area (Å²) in [4.78, 5) is 29.5. The van der Waals surface area contributed by atoms with E-state index in [1.54, 1.807) is 23.6 Å². The molecule has 24 heavy (non-hydrogen) atoms. The van der Waals surface area contributed by atoms with Gasteiger partial charge in [0.2, 0.25) is 5.91 Å². The highest BCUT2D eigenvalue weighted by Gasteiger charge is 2.31. The van der Waals surface area contributed by atoms with E-state index in [9.17, 15) is 9.59 Å². The molecule has 0 saturated heterocycles. The van der Waals surface area contributed by atoms with Gasteiger partial charge >= 0.3 is 5.97 Å². The van der Waals surface area contributed by atoms with Crippen LogP contribution in [0.1, 0.15) is 25.5 Å². The predicted octanol–water partition coefficient (Wildman–Crippen LogP) is 4.59. The summed E-state index contributed by atoms with van der Waals surface area (Å²) < 4.78 is 5.21. The van der Waals surface area contributed by atoms with E-state index in [1.165, 1.54) is 23.2 Å². The highest BCUT2D eigenvalue weighted by molar-refractivity contribution is 7.14. The van der Waals surface area contributed by atoms with Crippen molar-refractivity contribution < 1.29 is 14.3 Å². The quantitative estimate of drug-likeness (QED) is 0.707. The van der Waals surface area contributed by atoms with Crippen LogP contribution in [0.5, 0.6) is 0 Å². The summed E-state index contributed by atoms with van der Waals surface area (Å²) in [6.45, 7) is 1.55. The number of hydrogen-bond acceptors (Lipinski definition) is 5. The molecule has 0 spiro atoms. The third kappa shape index (κ3) is 3.88. The van der Waals surface area contributed by atoms with Crippen molar-refractivity contribution in [2.24, 2.45) is 5.92 Å². The number of carbonyl (C=O) groups excluding carboxylic acids is 2. The Bertz CT molecular complexity index is 789. The van der Waals surface area contributed by atoms with Crippen LogP contribution >= 0.6 is 34.5 Å². The molecule has 2 aromatic rings. The van der Waals surface area contributed by atoms with Crippen molar-refractivity contribution >= 4 is 57.2 Å². The molecule has 126 valence electrons. The van der Waals surface area contributed by atoms with Crippen LogP contribution in [0.4, 0.5) is 10.8 Å². The molecule has 1 aromatic heterocycles. The first kappa shape index (κ1) is 17.2. The summed E-state index contributed by atoms with van der Waals surface area (Å²) in [6, 6.07) is 4.93. The van der Waals surface area contributed by atoms with E-state index in [1.807, 2.05) is 0 Å². The van der Waals surface area contributed by atoms with E-state index in [4.69, 9.17) is 27.9 Å². The minimum absolute atomic E-state index is 0.0491. The second kappa shape index (κ2) is 7.09. The predicted molar refractivity (Wildman–Crippen MR) is 93.9 cm³/mol. The lowest BCUT2D eigenvalue weighted by Crippen LogP contribution is -2.22. The number of halogens is 2. The number of thiazole rings is 1. The van der Waals surface area contributed by atoms with Crippen molar-refractivity contribution in [1.82, 2.24) is 4.98 Å². The molecule has 8 heteroatoms. The molecule has 1 fully saturated rings. The molecule has 3 rings (SSSR count). The topological polar surface area (TPSA) is 59.5 Å². The number of carbonyl (C=O) groups is 2. The van der Waals surface area contributed by atoms with Gasteiger partial charge in [0.1, 0.15) is 6.61 Å². The highest BCUT2D eigenvalue weighted by Crippen LogP contribution is 2.34. The lowest BCUT2D eigenvalue weighted by Gasteiger charge is -2.18. The molecular weight excluding hydrogens is 371 g/mol. The number of nitrogens with zero attached hydrogens (tertiary/aromatic N) is 2. The van der Waals surface area contributed by atoms with Crippen molar-refractivity contribution in [3.63, 3.8) is 0 Å². The lowest BCUT2D eigenvalue weighted by molar-refractivity contribution is -0.146. The van der Waals surface area contributed by atoms with Crippen LogP contribution in [0, 0.1) is 5.92 Å². The zero-order valence-electron chi connectivity index (χ0n) is 12.8. The molecule has 0 atom stereocenters. The van der Waals surface area contributed by atoms with E-state index >= 15 is 0 Å². The zero-order valence-corrected chi connectivity index (χ0v) is 15.1. The van der Waals surface area contributed by atoms with Crippen LogP contribution in [-0.4, -0.2) is 16.9 Å². The molecular formula is C16H14Cl2N2O3S. The number of anilines is 2. The summed E-state index contributed by atoms with van der Waals surface area (Å²) in [7, 11) is 0. The molecule has 1 saturated carbocycles. The summed E-state index contributed by atoms with van der Waals surface area (Å²) in [5.74, 6) is -0.338. The van der Waals surface area contributed by atoms with Gasteiger partial charge in [0.05, 0.1) is 27.3 Å². The smallest absolute Gasteiger partial charge is 0.309 e. The first-order chi connectivity index (χ1) is 11.5. The number of benzene rings is 1. The van der Waals surface area contributed by atoms with E-state index < -0.39 is 0 Å². The average Bonchev–Trinajstić information content (AvgIpc) is 3.29. The Morgan fingerprint density at radius 1 is 1.33 bits per heavy atom.